The molecule has 37 heavy (non-hydrogen) atoms. The number of aromatic hydroxyl groups is 1. The standard InChI is InChI=1S/C31H40N2O4/c1-22-30(35)25(18-27-26(19-29(34)37-31(22)27)23-10-4-3-5-11-23)21-32(14-9-17-36-2)20-24-12-8-16-33-15-7-6-13-28(24)33/h3-5,10-11,18-19,24,28,35H,6-9,12-17,20-21H2,1-2H3/t24-,28+/m0/s1. The minimum Gasteiger partial charge on any atom is -0.507 e. The summed E-state index contributed by atoms with van der Waals surface area (Å²) in [5.74, 6) is 0.874. The Morgan fingerprint density at radius 1 is 1.11 bits per heavy atom. The highest BCUT2D eigenvalue weighted by atomic mass is 16.5. The van der Waals surface area contributed by atoms with E-state index in [0.29, 0.717) is 29.7 Å². The number of ether oxygens (including phenoxy) is 1. The van der Waals surface area contributed by atoms with Gasteiger partial charge in [0.1, 0.15) is 11.3 Å². The van der Waals surface area contributed by atoms with Crippen LogP contribution in [0, 0.1) is 12.8 Å². The highest BCUT2D eigenvalue weighted by molar-refractivity contribution is 5.96. The maximum Gasteiger partial charge on any atom is 0.336 e. The van der Waals surface area contributed by atoms with E-state index in [2.05, 4.69) is 9.80 Å². The molecule has 1 aromatic heterocycles. The molecule has 0 bridgehead atoms. The molecule has 6 heteroatoms. The van der Waals surface area contributed by atoms with Gasteiger partial charge in [-0.3, -0.25) is 4.90 Å². The lowest BCUT2D eigenvalue weighted by Gasteiger charge is -2.45. The number of phenols is 1. The normalized spacial score (nSPS) is 20.4. The smallest absolute Gasteiger partial charge is 0.336 e. The Hall–Kier alpha value is -2.67. The van der Waals surface area contributed by atoms with Gasteiger partial charge in [-0.05, 0) is 75.2 Å². The Kier molecular flexibility index (Phi) is 8.28. The molecule has 2 saturated heterocycles. The van der Waals surface area contributed by atoms with Crippen LogP contribution in [0.3, 0.4) is 0 Å². The van der Waals surface area contributed by atoms with Crippen LogP contribution < -0.4 is 5.63 Å². The van der Waals surface area contributed by atoms with Crippen molar-refractivity contribution in [2.45, 2.75) is 58.0 Å². The Labute approximate surface area is 219 Å². The van der Waals surface area contributed by atoms with Crippen LogP contribution >= 0.6 is 0 Å². The molecule has 0 saturated carbocycles. The first-order valence-corrected chi connectivity index (χ1v) is 13.8. The van der Waals surface area contributed by atoms with E-state index in [0.717, 1.165) is 48.2 Å². The summed E-state index contributed by atoms with van der Waals surface area (Å²) < 4.78 is 11.0. The van der Waals surface area contributed by atoms with Crippen molar-refractivity contribution < 1.29 is 14.3 Å². The minimum atomic E-state index is -0.405. The monoisotopic (exact) mass is 504 g/mol. The number of piperidine rings is 2. The van der Waals surface area contributed by atoms with E-state index in [1.807, 2.05) is 43.3 Å². The number of methoxy groups -OCH3 is 1. The maximum absolute atomic E-state index is 12.4. The topological polar surface area (TPSA) is 66.1 Å². The molecule has 0 aliphatic carbocycles. The van der Waals surface area contributed by atoms with Gasteiger partial charge in [0, 0.05) is 62.0 Å². The summed E-state index contributed by atoms with van der Waals surface area (Å²) in [5.41, 5.74) is 3.36. The second-order valence-corrected chi connectivity index (χ2v) is 10.8. The van der Waals surface area contributed by atoms with E-state index in [1.165, 1.54) is 45.2 Å². The van der Waals surface area contributed by atoms with Crippen LogP contribution in [0.5, 0.6) is 5.75 Å². The third-order valence-corrected chi connectivity index (χ3v) is 8.34. The molecular weight excluding hydrogens is 464 g/mol. The Morgan fingerprint density at radius 2 is 1.92 bits per heavy atom. The van der Waals surface area contributed by atoms with Gasteiger partial charge in [-0.2, -0.15) is 0 Å². The molecule has 2 aliphatic rings. The van der Waals surface area contributed by atoms with Crippen LogP contribution in [-0.4, -0.2) is 60.8 Å². The number of rotatable bonds is 9. The van der Waals surface area contributed by atoms with Crippen molar-refractivity contribution in [2.75, 3.05) is 39.9 Å². The molecule has 0 spiro atoms. The second-order valence-electron chi connectivity index (χ2n) is 10.8. The van der Waals surface area contributed by atoms with Gasteiger partial charge in [0.25, 0.3) is 0 Å². The fourth-order valence-corrected chi connectivity index (χ4v) is 6.52. The lowest BCUT2D eigenvalue weighted by Crippen LogP contribution is -2.51. The molecule has 3 heterocycles. The minimum absolute atomic E-state index is 0.223. The molecule has 2 fully saturated rings. The average molecular weight is 505 g/mol. The van der Waals surface area contributed by atoms with Gasteiger partial charge in [0.15, 0.2) is 0 Å². The summed E-state index contributed by atoms with van der Waals surface area (Å²) >= 11 is 0. The first-order valence-electron chi connectivity index (χ1n) is 13.8. The van der Waals surface area contributed by atoms with E-state index in [-0.39, 0.29) is 5.75 Å². The van der Waals surface area contributed by atoms with Crippen molar-refractivity contribution in [1.29, 1.82) is 0 Å². The van der Waals surface area contributed by atoms with E-state index < -0.39 is 5.63 Å². The molecular formula is C31H40N2O4. The number of hydrogen-bond acceptors (Lipinski definition) is 6. The maximum atomic E-state index is 12.4. The van der Waals surface area contributed by atoms with Crippen LogP contribution in [0.25, 0.3) is 22.1 Å². The first kappa shape index (κ1) is 26.0. The van der Waals surface area contributed by atoms with Crippen molar-refractivity contribution in [3.63, 3.8) is 0 Å². The SMILES string of the molecule is COCCCN(Cc1cc2c(-c3ccccc3)cc(=O)oc2c(C)c1O)C[C@@H]1CCCN2CCCC[C@H]12. The number of fused-ring (bicyclic) bond motifs is 2. The zero-order valence-electron chi connectivity index (χ0n) is 22.2. The van der Waals surface area contributed by atoms with Gasteiger partial charge in [-0.25, -0.2) is 4.79 Å². The van der Waals surface area contributed by atoms with Crippen LogP contribution in [0.15, 0.2) is 51.7 Å². The van der Waals surface area contributed by atoms with E-state index in [4.69, 9.17) is 9.15 Å². The van der Waals surface area contributed by atoms with Gasteiger partial charge < -0.3 is 19.2 Å². The quantitative estimate of drug-likeness (QED) is 0.303. The van der Waals surface area contributed by atoms with Crippen LogP contribution in [-0.2, 0) is 11.3 Å². The predicted octanol–water partition coefficient (Wildman–Crippen LogP) is 5.58. The molecule has 2 aliphatic heterocycles. The number of benzene rings is 2. The van der Waals surface area contributed by atoms with Crippen LogP contribution in [0.4, 0.5) is 0 Å². The lowest BCUT2D eigenvalue weighted by atomic mass is 9.83. The zero-order chi connectivity index (χ0) is 25.8. The first-order chi connectivity index (χ1) is 18.0. The summed E-state index contributed by atoms with van der Waals surface area (Å²) in [5, 5.41) is 12.1. The van der Waals surface area contributed by atoms with Gasteiger partial charge in [-0.15, -0.1) is 0 Å². The Morgan fingerprint density at radius 3 is 2.73 bits per heavy atom. The van der Waals surface area contributed by atoms with E-state index in [9.17, 15) is 9.90 Å². The second kappa shape index (κ2) is 11.8. The van der Waals surface area contributed by atoms with Gasteiger partial charge in [-0.1, -0.05) is 36.8 Å². The van der Waals surface area contributed by atoms with Crippen molar-refractivity contribution in [3.05, 3.63) is 64.0 Å². The fraction of sp³-hybridized carbons (Fsp3) is 0.516. The molecule has 2 atom stereocenters. The molecule has 0 radical (unpaired) electrons. The summed E-state index contributed by atoms with van der Waals surface area (Å²) in [7, 11) is 1.75. The van der Waals surface area contributed by atoms with E-state index >= 15 is 0 Å². The number of aryl methyl sites for hydroxylation is 1. The van der Waals surface area contributed by atoms with Gasteiger partial charge in [0.2, 0.25) is 0 Å². The summed E-state index contributed by atoms with van der Waals surface area (Å²) in [4.78, 5) is 17.6. The third kappa shape index (κ3) is 5.77. The van der Waals surface area contributed by atoms with Crippen molar-refractivity contribution in [1.82, 2.24) is 9.80 Å². The Bertz CT molecular complexity index is 1250. The van der Waals surface area contributed by atoms with Crippen LogP contribution in [0.1, 0.15) is 49.7 Å². The molecule has 198 valence electrons. The Balaban J connectivity index is 1.48. The molecule has 3 aromatic rings. The zero-order valence-corrected chi connectivity index (χ0v) is 22.2. The number of hydrogen-bond donors (Lipinski definition) is 1. The fourth-order valence-electron chi connectivity index (χ4n) is 6.52. The average Bonchev–Trinajstić information content (AvgIpc) is 2.92. The molecule has 0 amide bonds. The van der Waals surface area contributed by atoms with Crippen molar-refractivity contribution in [2.24, 2.45) is 5.92 Å². The van der Waals surface area contributed by atoms with Crippen molar-refractivity contribution >= 4 is 11.0 Å². The largest absolute Gasteiger partial charge is 0.507 e. The molecule has 1 N–H and O–H groups in total. The number of phenolic OH excluding ortho intramolecular Hbond substituents is 1. The van der Waals surface area contributed by atoms with E-state index in [1.54, 1.807) is 13.2 Å². The highest BCUT2D eigenvalue weighted by Crippen LogP contribution is 2.37. The molecule has 2 aromatic carbocycles. The summed E-state index contributed by atoms with van der Waals surface area (Å²) in [6, 6.07) is 14.2. The molecule has 6 nitrogen and oxygen atoms in total. The molecule has 0 unspecified atom stereocenters. The predicted molar refractivity (Wildman–Crippen MR) is 148 cm³/mol. The van der Waals surface area contributed by atoms with Crippen molar-refractivity contribution in [3.8, 4) is 16.9 Å². The number of nitrogens with zero attached hydrogens (tertiary/aromatic N) is 2. The highest BCUT2D eigenvalue weighted by Gasteiger charge is 2.34. The van der Waals surface area contributed by atoms with Gasteiger partial charge >= 0.3 is 5.63 Å². The summed E-state index contributed by atoms with van der Waals surface area (Å²) in [6.07, 6.45) is 7.46. The lowest BCUT2D eigenvalue weighted by molar-refractivity contribution is 0.0372. The van der Waals surface area contributed by atoms with Crippen LogP contribution in [0.2, 0.25) is 0 Å². The molecule has 5 rings (SSSR count). The third-order valence-electron chi connectivity index (χ3n) is 8.34. The summed E-state index contributed by atoms with van der Waals surface area (Å²) in [6.45, 7) is 7.65. The van der Waals surface area contributed by atoms with Gasteiger partial charge in [0.05, 0.1) is 0 Å².